The van der Waals surface area contributed by atoms with E-state index >= 15 is 0 Å². The molecule has 0 N–H and O–H groups in total. The van der Waals surface area contributed by atoms with Gasteiger partial charge in [-0.3, -0.25) is 0 Å². The zero-order valence-electron chi connectivity index (χ0n) is 21.4. The standard InChI is InChI=1S/C26H44N2O3Si/c1-25-14-12-19(27-29-3)16-18(25)8-9-20-21-10-11-23(26(21,2)15-13-22(20)25)24(28-30-4)17-31-32(5,6)7/h16,20-23H,8-15,17H2,1-7H3/b27-19+,28-24+/t20?,21?,22?,23?,25-,26-/m0/s1. The van der Waals surface area contributed by atoms with E-state index in [4.69, 9.17) is 14.1 Å². The van der Waals surface area contributed by atoms with Crippen LogP contribution in [0.5, 0.6) is 0 Å². The third-order valence-electron chi connectivity index (χ3n) is 9.45. The molecule has 0 spiro atoms. The van der Waals surface area contributed by atoms with Crippen molar-refractivity contribution in [2.24, 2.45) is 44.8 Å². The molecule has 4 aliphatic rings. The second-order valence-electron chi connectivity index (χ2n) is 12.1. The van der Waals surface area contributed by atoms with Gasteiger partial charge in [-0.15, -0.1) is 0 Å². The topological polar surface area (TPSA) is 52.4 Å². The largest absolute Gasteiger partial charge is 0.412 e. The van der Waals surface area contributed by atoms with Gasteiger partial charge in [-0.1, -0.05) is 29.7 Å². The summed E-state index contributed by atoms with van der Waals surface area (Å²) >= 11 is 0. The molecule has 3 saturated carbocycles. The lowest BCUT2D eigenvalue weighted by atomic mass is 9.46. The number of oxime groups is 2. The fourth-order valence-corrected chi connectivity index (χ4v) is 8.49. The van der Waals surface area contributed by atoms with Crippen LogP contribution in [0.4, 0.5) is 0 Å². The van der Waals surface area contributed by atoms with Gasteiger partial charge in [0, 0.05) is 5.92 Å². The highest BCUT2D eigenvalue weighted by atomic mass is 28.4. The van der Waals surface area contributed by atoms with E-state index in [1.165, 1.54) is 44.9 Å². The summed E-state index contributed by atoms with van der Waals surface area (Å²) in [5, 5.41) is 8.80. The van der Waals surface area contributed by atoms with Crippen molar-refractivity contribution in [1.82, 2.24) is 0 Å². The summed E-state index contributed by atoms with van der Waals surface area (Å²) in [6.45, 7) is 12.5. The molecular formula is C26H44N2O3Si. The second kappa shape index (κ2) is 8.90. The van der Waals surface area contributed by atoms with Crippen LogP contribution in [0.1, 0.15) is 65.2 Å². The van der Waals surface area contributed by atoms with Crippen molar-refractivity contribution in [2.45, 2.75) is 84.9 Å². The van der Waals surface area contributed by atoms with Crippen molar-refractivity contribution in [3.8, 4) is 0 Å². The Balaban J connectivity index is 1.56. The van der Waals surface area contributed by atoms with Gasteiger partial charge in [-0.05, 0) is 106 Å². The molecule has 0 radical (unpaired) electrons. The molecule has 6 atom stereocenters. The minimum absolute atomic E-state index is 0.316. The van der Waals surface area contributed by atoms with E-state index in [9.17, 15) is 0 Å². The Hall–Kier alpha value is -1.14. The molecule has 5 nitrogen and oxygen atoms in total. The maximum atomic E-state index is 6.30. The van der Waals surface area contributed by atoms with Gasteiger partial charge in [0.25, 0.3) is 0 Å². The van der Waals surface area contributed by atoms with Crippen LogP contribution in [-0.2, 0) is 14.1 Å². The van der Waals surface area contributed by atoms with Gasteiger partial charge in [0.2, 0.25) is 0 Å². The first-order valence-corrected chi connectivity index (χ1v) is 16.1. The molecular weight excluding hydrogens is 416 g/mol. The molecule has 4 unspecified atom stereocenters. The smallest absolute Gasteiger partial charge is 0.184 e. The second-order valence-corrected chi connectivity index (χ2v) is 16.6. The van der Waals surface area contributed by atoms with E-state index in [-0.39, 0.29) is 0 Å². The number of nitrogens with zero attached hydrogens (tertiary/aromatic N) is 2. The van der Waals surface area contributed by atoms with Gasteiger partial charge >= 0.3 is 0 Å². The molecule has 32 heavy (non-hydrogen) atoms. The van der Waals surface area contributed by atoms with E-state index in [0.717, 1.165) is 35.6 Å². The summed E-state index contributed by atoms with van der Waals surface area (Å²) < 4.78 is 6.30. The molecule has 4 aliphatic carbocycles. The first-order valence-electron chi connectivity index (χ1n) is 12.7. The molecule has 0 aromatic heterocycles. The maximum absolute atomic E-state index is 6.30. The summed E-state index contributed by atoms with van der Waals surface area (Å²) in [6, 6.07) is 0. The molecule has 0 amide bonds. The fourth-order valence-electron chi connectivity index (χ4n) is 7.91. The number of fused-ring (bicyclic) bond motifs is 5. The number of rotatable bonds is 6. The van der Waals surface area contributed by atoms with E-state index in [1.54, 1.807) is 19.8 Å². The highest BCUT2D eigenvalue weighted by molar-refractivity contribution is 6.69. The third-order valence-corrected chi connectivity index (χ3v) is 10.5. The fraction of sp³-hybridized carbons (Fsp3) is 0.846. The van der Waals surface area contributed by atoms with E-state index in [2.05, 4.69) is 49.9 Å². The molecule has 180 valence electrons. The van der Waals surface area contributed by atoms with Crippen molar-refractivity contribution in [2.75, 3.05) is 20.8 Å². The van der Waals surface area contributed by atoms with Crippen LogP contribution in [0.2, 0.25) is 19.6 Å². The predicted octanol–water partition coefficient (Wildman–Crippen LogP) is 6.42. The number of allylic oxidation sites excluding steroid dienone is 2. The monoisotopic (exact) mass is 460 g/mol. The van der Waals surface area contributed by atoms with Crippen LogP contribution >= 0.6 is 0 Å². The van der Waals surface area contributed by atoms with Gasteiger partial charge in [-0.25, -0.2) is 0 Å². The normalized spacial score (nSPS) is 40.9. The molecule has 0 heterocycles. The number of hydrogen-bond acceptors (Lipinski definition) is 5. The zero-order valence-corrected chi connectivity index (χ0v) is 22.4. The summed E-state index contributed by atoms with van der Waals surface area (Å²) in [4.78, 5) is 10.4. The van der Waals surface area contributed by atoms with Crippen LogP contribution in [0, 0.1) is 34.5 Å². The van der Waals surface area contributed by atoms with E-state index < -0.39 is 8.32 Å². The van der Waals surface area contributed by atoms with Crippen LogP contribution in [0.25, 0.3) is 0 Å². The highest BCUT2D eigenvalue weighted by Gasteiger charge is 2.59. The van der Waals surface area contributed by atoms with Crippen molar-refractivity contribution in [1.29, 1.82) is 0 Å². The summed E-state index contributed by atoms with van der Waals surface area (Å²) in [6.07, 6.45) is 12.3. The summed E-state index contributed by atoms with van der Waals surface area (Å²) in [7, 11) is 1.74. The Morgan fingerprint density at radius 2 is 1.78 bits per heavy atom. The number of hydrogen-bond donors (Lipinski definition) is 0. The molecule has 0 aromatic carbocycles. The molecule has 0 saturated heterocycles. The first kappa shape index (κ1) is 24.0. The van der Waals surface area contributed by atoms with Gasteiger partial charge in [0.15, 0.2) is 8.32 Å². The van der Waals surface area contributed by atoms with Crippen LogP contribution < -0.4 is 0 Å². The molecule has 6 heteroatoms. The maximum Gasteiger partial charge on any atom is 0.184 e. The quantitative estimate of drug-likeness (QED) is 0.261. The van der Waals surface area contributed by atoms with Gasteiger partial charge in [0.1, 0.15) is 14.2 Å². The molecule has 4 rings (SSSR count). The minimum atomic E-state index is -1.60. The van der Waals surface area contributed by atoms with Gasteiger partial charge in [-0.2, -0.15) is 0 Å². The van der Waals surface area contributed by atoms with Gasteiger partial charge < -0.3 is 14.1 Å². The molecule has 0 aromatic rings. The average molecular weight is 461 g/mol. The SMILES string of the molecule is CO/N=C(\CO[Si](C)(C)C)C1CCC2C3CCC4=C/C(=N/OC)CC[C@]4(C)C3CC[C@]12C. The van der Waals surface area contributed by atoms with Crippen molar-refractivity contribution >= 4 is 19.7 Å². The minimum Gasteiger partial charge on any atom is -0.412 e. The zero-order chi connectivity index (χ0) is 23.1. The Morgan fingerprint density at radius 1 is 1.00 bits per heavy atom. The average Bonchev–Trinajstić information content (AvgIpc) is 3.08. The van der Waals surface area contributed by atoms with Crippen molar-refractivity contribution < 1.29 is 14.1 Å². The predicted molar refractivity (Wildman–Crippen MR) is 133 cm³/mol. The first-order chi connectivity index (χ1) is 15.1. The van der Waals surface area contributed by atoms with E-state index in [0.29, 0.717) is 23.4 Å². The lowest BCUT2D eigenvalue weighted by Crippen LogP contribution is -2.51. The molecule has 3 fully saturated rings. The van der Waals surface area contributed by atoms with Crippen LogP contribution in [0.15, 0.2) is 22.0 Å². The molecule has 0 aliphatic heterocycles. The Bertz CT molecular complexity index is 801. The highest BCUT2D eigenvalue weighted by Crippen LogP contribution is 2.66. The van der Waals surface area contributed by atoms with Crippen molar-refractivity contribution in [3.05, 3.63) is 11.6 Å². The third kappa shape index (κ3) is 4.22. The van der Waals surface area contributed by atoms with Crippen LogP contribution in [0.3, 0.4) is 0 Å². The lowest BCUT2D eigenvalue weighted by Gasteiger charge is -2.58. The Kier molecular flexibility index (Phi) is 6.67. The van der Waals surface area contributed by atoms with Gasteiger partial charge in [0.05, 0.1) is 18.0 Å². The lowest BCUT2D eigenvalue weighted by molar-refractivity contribution is -0.0415. The van der Waals surface area contributed by atoms with Crippen molar-refractivity contribution in [3.63, 3.8) is 0 Å². The van der Waals surface area contributed by atoms with Crippen LogP contribution in [-0.4, -0.2) is 40.6 Å². The molecule has 0 bridgehead atoms. The van der Waals surface area contributed by atoms with E-state index in [1.807, 2.05) is 0 Å². The Morgan fingerprint density at radius 3 is 2.47 bits per heavy atom. The Labute approximate surface area is 196 Å². The summed E-state index contributed by atoms with van der Waals surface area (Å²) in [5.74, 6) is 2.89. The summed E-state index contributed by atoms with van der Waals surface area (Å²) in [5.41, 5.74) is 4.56.